The molecule has 0 aliphatic carbocycles. The van der Waals surface area contributed by atoms with Crippen LogP contribution >= 0.6 is 0 Å². The van der Waals surface area contributed by atoms with E-state index >= 15 is 0 Å². The van der Waals surface area contributed by atoms with Gasteiger partial charge in [0.15, 0.2) is 0 Å². The maximum Gasteiger partial charge on any atom is 0.0623 e. The van der Waals surface area contributed by atoms with E-state index in [0.717, 1.165) is 38.3 Å². The number of nitrogens with one attached hydrogen (secondary N) is 1. The number of rotatable bonds is 8. The molecule has 1 heterocycles. The summed E-state index contributed by atoms with van der Waals surface area (Å²) in [6, 6.07) is 2.52. The fraction of sp³-hybridized carbons (Fsp3) is 0.769. The van der Waals surface area contributed by atoms with Gasteiger partial charge < -0.3 is 10.1 Å². The number of hydrogen-bond acceptors (Lipinski definition) is 3. The van der Waals surface area contributed by atoms with Crippen LogP contribution in [0.5, 0.6) is 0 Å². The van der Waals surface area contributed by atoms with Crippen molar-refractivity contribution < 1.29 is 4.74 Å². The van der Waals surface area contributed by atoms with Crippen molar-refractivity contribution in [2.24, 2.45) is 0 Å². The van der Waals surface area contributed by atoms with Gasteiger partial charge in [0.05, 0.1) is 12.3 Å². The molecular formula is C13H25N3O. The van der Waals surface area contributed by atoms with E-state index < -0.39 is 0 Å². The number of aromatic nitrogens is 2. The first-order chi connectivity index (χ1) is 8.21. The van der Waals surface area contributed by atoms with Crippen LogP contribution in [0.2, 0.25) is 0 Å². The number of aryl methyl sites for hydroxylation is 2. The summed E-state index contributed by atoms with van der Waals surface area (Å²) in [5.74, 6) is 0. The minimum Gasteiger partial charge on any atom is -0.380 e. The van der Waals surface area contributed by atoms with Crippen LogP contribution in [0.4, 0.5) is 0 Å². The van der Waals surface area contributed by atoms with E-state index in [0.29, 0.717) is 6.04 Å². The third kappa shape index (κ3) is 4.48. The molecule has 0 fully saturated rings. The molecule has 4 nitrogen and oxygen atoms in total. The van der Waals surface area contributed by atoms with Gasteiger partial charge in [0.1, 0.15) is 0 Å². The highest BCUT2D eigenvalue weighted by atomic mass is 16.5. The molecule has 0 aliphatic rings. The summed E-state index contributed by atoms with van der Waals surface area (Å²) in [4.78, 5) is 0. The van der Waals surface area contributed by atoms with Crippen LogP contribution in [0.1, 0.15) is 31.7 Å². The van der Waals surface area contributed by atoms with Crippen LogP contribution in [0, 0.1) is 6.92 Å². The lowest BCUT2D eigenvalue weighted by atomic mass is 10.1. The SMILES string of the molecule is CCCOCC(Cc1cc(C)nn1CC)NC. The van der Waals surface area contributed by atoms with E-state index in [-0.39, 0.29) is 0 Å². The number of likely N-dealkylation sites (N-methyl/N-ethyl adjacent to an activating group) is 1. The van der Waals surface area contributed by atoms with Gasteiger partial charge in [0, 0.05) is 31.3 Å². The Morgan fingerprint density at radius 1 is 1.47 bits per heavy atom. The Balaban J connectivity index is 2.53. The average molecular weight is 239 g/mol. The topological polar surface area (TPSA) is 39.1 Å². The van der Waals surface area contributed by atoms with Crippen LogP contribution in [0.25, 0.3) is 0 Å². The first-order valence-electron chi connectivity index (χ1n) is 6.49. The minimum atomic E-state index is 0.364. The molecule has 1 atom stereocenters. The second-order valence-corrected chi connectivity index (χ2v) is 4.36. The van der Waals surface area contributed by atoms with E-state index in [1.54, 1.807) is 0 Å². The van der Waals surface area contributed by atoms with Crippen LogP contribution < -0.4 is 5.32 Å². The fourth-order valence-corrected chi connectivity index (χ4v) is 1.90. The van der Waals surface area contributed by atoms with Crippen molar-refractivity contribution in [3.05, 3.63) is 17.5 Å². The van der Waals surface area contributed by atoms with Crippen molar-refractivity contribution in [3.8, 4) is 0 Å². The minimum absolute atomic E-state index is 0.364. The third-order valence-corrected chi connectivity index (χ3v) is 2.82. The molecule has 17 heavy (non-hydrogen) atoms. The van der Waals surface area contributed by atoms with E-state index in [2.05, 4.69) is 35.0 Å². The van der Waals surface area contributed by atoms with E-state index in [1.807, 2.05) is 14.0 Å². The van der Waals surface area contributed by atoms with Crippen molar-refractivity contribution in [1.82, 2.24) is 15.1 Å². The van der Waals surface area contributed by atoms with Crippen molar-refractivity contribution >= 4 is 0 Å². The lowest BCUT2D eigenvalue weighted by Gasteiger charge is -2.16. The van der Waals surface area contributed by atoms with Gasteiger partial charge in [0.25, 0.3) is 0 Å². The molecule has 1 rings (SSSR count). The lowest BCUT2D eigenvalue weighted by molar-refractivity contribution is 0.113. The van der Waals surface area contributed by atoms with Gasteiger partial charge in [-0.3, -0.25) is 4.68 Å². The van der Waals surface area contributed by atoms with Gasteiger partial charge >= 0.3 is 0 Å². The van der Waals surface area contributed by atoms with Crippen LogP contribution in [0.15, 0.2) is 6.07 Å². The quantitative estimate of drug-likeness (QED) is 0.703. The standard InChI is InChI=1S/C13H25N3O/c1-5-7-17-10-12(14-4)9-13-8-11(3)15-16(13)6-2/h8,12,14H,5-7,9-10H2,1-4H3. The summed E-state index contributed by atoms with van der Waals surface area (Å²) >= 11 is 0. The molecule has 1 aromatic heterocycles. The second kappa shape index (κ2) is 7.45. The molecule has 0 aromatic carbocycles. The second-order valence-electron chi connectivity index (χ2n) is 4.36. The molecule has 4 heteroatoms. The summed E-state index contributed by atoms with van der Waals surface area (Å²) in [6.07, 6.45) is 2.04. The molecule has 0 spiro atoms. The molecule has 0 saturated carbocycles. The van der Waals surface area contributed by atoms with Gasteiger partial charge in [-0.2, -0.15) is 5.10 Å². The summed E-state index contributed by atoms with van der Waals surface area (Å²) in [5, 5.41) is 7.76. The van der Waals surface area contributed by atoms with Crippen LogP contribution in [-0.4, -0.2) is 36.1 Å². The molecule has 1 aromatic rings. The molecule has 1 N–H and O–H groups in total. The van der Waals surface area contributed by atoms with E-state index in [9.17, 15) is 0 Å². The molecule has 0 radical (unpaired) electrons. The zero-order chi connectivity index (χ0) is 12.7. The van der Waals surface area contributed by atoms with Gasteiger partial charge in [-0.25, -0.2) is 0 Å². The summed E-state index contributed by atoms with van der Waals surface area (Å²) in [7, 11) is 1.99. The van der Waals surface area contributed by atoms with Crippen molar-refractivity contribution in [1.29, 1.82) is 0 Å². The lowest BCUT2D eigenvalue weighted by Crippen LogP contribution is -2.33. The Hall–Kier alpha value is -0.870. The number of nitrogens with zero attached hydrogens (tertiary/aromatic N) is 2. The molecule has 0 amide bonds. The maximum absolute atomic E-state index is 5.60. The zero-order valence-corrected chi connectivity index (χ0v) is 11.5. The number of hydrogen-bond donors (Lipinski definition) is 1. The molecule has 0 bridgehead atoms. The third-order valence-electron chi connectivity index (χ3n) is 2.82. The van der Waals surface area contributed by atoms with Gasteiger partial charge in [0.2, 0.25) is 0 Å². The smallest absolute Gasteiger partial charge is 0.0623 e. The monoisotopic (exact) mass is 239 g/mol. The van der Waals surface area contributed by atoms with Crippen molar-refractivity contribution in [2.75, 3.05) is 20.3 Å². The normalized spacial score (nSPS) is 12.9. The molecule has 98 valence electrons. The Bertz CT molecular complexity index is 322. The highest BCUT2D eigenvalue weighted by Crippen LogP contribution is 2.07. The molecule has 1 unspecified atom stereocenters. The fourth-order valence-electron chi connectivity index (χ4n) is 1.90. The average Bonchev–Trinajstić information content (AvgIpc) is 2.68. The summed E-state index contributed by atoms with van der Waals surface area (Å²) in [6.45, 7) is 8.82. The van der Waals surface area contributed by atoms with Crippen LogP contribution in [-0.2, 0) is 17.7 Å². The summed E-state index contributed by atoms with van der Waals surface area (Å²) < 4.78 is 7.67. The Morgan fingerprint density at radius 3 is 2.82 bits per heavy atom. The summed E-state index contributed by atoms with van der Waals surface area (Å²) in [5.41, 5.74) is 2.37. The number of ether oxygens (including phenoxy) is 1. The molecule has 0 saturated heterocycles. The van der Waals surface area contributed by atoms with Gasteiger partial charge in [-0.05, 0) is 33.4 Å². The predicted octanol–water partition coefficient (Wildman–Crippen LogP) is 1.77. The van der Waals surface area contributed by atoms with Crippen molar-refractivity contribution in [2.45, 2.75) is 46.2 Å². The zero-order valence-electron chi connectivity index (χ0n) is 11.5. The van der Waals surface area contributed by atoms with Gasteiger partial charge in [-0.15, -0.1) is 0 Å². The van der Waals surface area contributed by atoms with Gasteiger partial charge in [-0.1, -0.05) is 6.92 Å². The predicted molar refractivity (Wildman–Crippen MR) is 70.3 cm³/mol. The van der Waals surface area contributed by atoms with Crippen LogP contribution in [0.3, 0.4) is 0 Å². The Morgan fingerprint density at radius 2 is 2.24 bits per heavy atom. The Kier molecular flexibility index (Phi) is 6.22. The highest BCUT2D eigenvalue weighted by molar-refractivity contribution is 5.10. The Labute approximate surface area is 104 Å². The maximum atomic E-state index is 5.60. The molecule has 0 aliphatic heterocycles. The van der Waals surface area contributed by atoms with E-state index in [4.69, 9.17) is 4.74 Å². The first kappa shape index (κ1) is 14.2. The first-order valence-corrected chi connectivity index (χ1v) is 6.49. The highest BCUT2D eigenvalue weighted by Gasteiger charge is 2.11. The van der Waals surface area contributed by atoms with Crippen molar-refractivity contribution in [3.63, 3.8) is 0 Å². The van der Waals surface area contributed by atoms with E-state index in [1.165, 1.54) is 5.69 Å². The largest absolute Gasteiger partial charge is 0.380 e. The molecular weight excluding hydrogens is 214 g/mol.